The van der Waals surface area contributed by atoms with Gasteiger partial charge in [0.25, 0.3) is 0 Å². The maximum absolute atomic E-state index is 10.7. The molecule has 0 aliphatic heterocycles. The third-order valence-corrected chi connectivity index (χ3v) is 1.89. The number of aromatic carboxylic acids is 3. The van der Waals surface area contributed by atoms with E-state index in [-0.39, 0.29) is 5.56 Å². The van der Waals surface area contributed by atoms with Crippen LogP contribution in [0.4, 0.5) is 0 Å². The molecule has 4 N–H and O–H groups in total. The number of carboxylic acid groups (broad SMARTS) is 3. The number of H-pyrrole nitrogens is 1. The van der Waals surface area contributed by atoms with E-state index in [0.29, 0.717) is 0 Å². The standard InChI is InChI=1S/C8H7NO6/c1-2-3(6(10)11)5(8(14)15)9-4(2)7(12)13/h9H,1H3,(H,10,11)(H,12,13)(H,14,15). The highest BCUT2D eigenvalue weighted by molar-refractivity contribution is 6.05. The lowest BCUT2D eigenvalue weighted by Crippen LogP contribution is -2.07. The third kappa shape index (κ3) is 1.66. The third-order valence-electron chi connectivity index (χ3n) is 1.89. The summed E-state index contributed by atoms with van der Waals surface area (Å²) in [6, 6.07) is 0. The fraction of sp³-hybridized carbons (Fsp3) is 0.125. The van der Waals surface area contributed by atoms with Crippen molar-refractivity contribution in [3.63, 3.8) is 0 Å². The molecule has 0 radical (unpaired) electrons. The van der Waals surface area contributed by atoms with Crippen LogP contribution < -0.4 is 0 Å². The van der Waals surface area contributed by atoms with Crippen LogP contribution in [0.1, 0.15) is 36.9 Å². The molecule has 7 heteroatoms. The van der Waals surface area contributed by atoms with E-state index in [1.807, 2.05) is 0 Å². The van der Waals surface area contributed by atoms with Gasteiger partial charge in [0.15, 0.2) is 0 Å². The van der Waals surface area contributed by atoms with Crippen LogP contribution >= 0.6 is 0 Å². The first-order chi connectivity index (χ1) is 6.86. The molecule has 1 aromatic heterocycles. The fourth-order valence-corrected chi connectivity index (χ4v) is 1.24. The molecule has 15 heavy (non-hydrogen) atoms. The Kier molecular flexibility index (Phi) is 2.47. The summed E-state index contributed by atoms with van der Waals surface area (Å²) in [6.45, 7) is 1.23. The van der Waals surface area contributed by atoms with Gasteiger partial charge >= 0.3 is 17.9 Å². The van der Waals surface area contributed by atoms with E-state index < -0.39 is 34.9 Å². The van der Waals surface area contributed by atoms with Crippen LogP contribution in [-0.4, -0.2) is 38.2 Å². The number of hydrogen-bond donors (Lipinski definition) is 4. The van der Waals surface area contributed by atoms with E-state index in [1.165, 1.54) is 6.92 Å². The molecule has 0 bridgehead atoms. The van der Waals surface area contributed by atoms with E-state index >= 15 is 0 Å². The molecule has 1 aromatic rings. The van der Waals surface area contributed by atoms with Gasteiger partial charge < -0.3 is 20.3 Å². The molecule has 0 amide bonds. The van der Waals surface area contributed by atoms with Crippen molar-refractivity contribution in [1.29, 1.82) is 0 Å². The molecule has 1 rings (SSSR count). The predicted octanol–water partition coefficient (Wildman–Crippen LogP) is 0.418. The van der Waals surface area contributed by atoms with Crippen LogP contribution in [-0.2, 0) is 0 Å². The Hall–Kier alpha value is -2.31. The summed E-state index contributed by atoms with van der Waals surface area (Å²) in [5, 5.41) is 26.0. The van der Waals surface area contributed by atoms with Crippen molar-refractivity contribution in [2.75, 3.05) is 0 Å². The Morgan fingerprint density at radius 2 is 1.40 bits per heavy atom. The molecule has 0 atom stereocenters. The van der Waals surface area contributed by atoms with Crippen molar-refractivity contribution < 1.29 is 29.7 Å². The molecule has 0 aliphatic carbocycles. The van der Waals surface area contributed by atoms with E-state index in [4.69, 9.17) is 15.3 Å². The number of hydrogen-bond acceptors (Lipinski definition) is 3. The number of aromatic nitrogens is 1. The molecular formula is C8H7NO6. The lowest BCUT2D eigenvalue weighted by molar-refractivity contribution is 0.0647. The second-order valence-electron chi connectivity index (χ2n) is 2.79. The second-order valence-corrected chi connectivity index (χ2v) is 2.79. The Morgan fingerprint density at radius 1 is 0.933 bits per heavy atom. The first kappa shape index (κ1) is 10.8. The van der Waals surface area contributed by atoms with Crippen molar-refractivity contribution in [3.8, 4) is 0 Å². The summed E-state index contributed by atoms with van der Waals surface area (Å²) in [4.78, 5) is 34.0. The van der Waals surface area contributed by atoms with Crippen molar-refractivity contribution >= 4 is 17.9 Å². The summed E-state index contributed by atoms with van der Waals surface area (Å²) in [5.41, 5.74) is -1.69. The minimum absolute atomic E-state index is 0.104. The predicted molar refractivity (Wildman–Crippen MR) is 46.4 cm³/mol. The quantitative estimate of drug-likeness (QED) is 0.576. The molecule has 0 fully saturated rings. The lowest BCUT2D eigenvalue weighted by atomic mass is 10.1. The van der Waals surface area contributed by atoms with Gasteiger partial charge in [0, 0.05) is 0 Å². The van der Waals surface area contributed by atoms with Gasteiger partial charge in [0.1, 0.15) is 11.4 Å². The van der Waals surface area contributed by atoms with E-state index in [0.717, 1.165) is 0 Å². The molecule has 0 saturated heterocycles. The first-order valence-electron chi connectivity index (χ1n) is 3.78. The van der Waals surface area contributed by atoms with Crippen LogP contribution in [0.5, 0.6) is 0 Å². The molecule has 0 aliphatic rings. The molecule has 7 nitrogen and oxygen atoms in total. The van der Waals surface area contributed by atoms with Crippen molar-refractivity contribution in [2.24, 2.45) is 0 Å². The molecule has 80 valence electrons. The van der Waals surface area contributed by atoms with Crippen LogP contribution in [0.15, 0.2) is 0 Å². The minimum atomic E-state index is -1.51. The highest BCUT2D eigenvalue weighted by atomic mass is 16.4. The summed E-state index contributed by atoms with van der Waals surface area (Å²) in [7, 11) is 0. The van der Waals surface area contributed by atoms with Crippen LogP contribution in [0.3, 0.4) is 0 Å². The summed E-state index contributed by atoms with van der Waals surface area (Å²) < 4.78 is 0. The Bertz CT molecular complexity index is 458. The van der Waals surface area contributed by atoms with Crippen molar-refractivity contribution in [2.45, 2.75) is 6.92 Å². The SMILES string of the molecule is Cc1c(C(=O)O)[nH]c(C(=O)O)c1C(=O)O. The number of rotatable bonds is 3. The van der Waals surface area contributed by atoms with Crippen molar-refractivity contribution in [3.05, 3.63) is 22.5 Å². The molecule has 0 aromatic carbocycles. The Balaban J connectivity index is 3.53. The van der Waals surface area contributed by atoms with Crippen molar-refractivity contribution in [1.82, 2.24) is 4.98 Å². The number of nitrogens with one attached hydrogen (secondary N) is 1. The number of carbonyl (C=O) groups is 3. The highest BCUT2D eigenvalue weighted by Gasteiger charge is 2.26. The largest absolute Gasteiger partial charge is 0.478 e. The monoisotopic (exact) mass is 213 g/mol. The molecule has 0 unspecified atom stereocenters. The van der Waals surface area contributed by atoms with Gasteiger partial charge in [0.05, 0.1) is 5.56 Å². The Labute approximate surface area is 83.0 Å². The van der Waals surface area contributed by atoms with Gasteiger partial charge in [-0.3, -0.25) is 0 Å². The molecular weight excluding hydrogens is 206 g/mol. The Morgan fingerprint density at radius 3 is 1.67 bits per heavy atom. The topological polar surface area (TPSA) is 128 Å². The lowest BCUT2D eigenvalue weighted by Gasteiger charge is -1.94. The maximum Gasteiger partial charge on any atom is 0.353 e. The number of aromatic amines is 1. The maximum atomic E-state index is 10.7. The minimum Gasteiger partial charge on any atom is -0.478 e. The van der Waals surface area contributed by atoms with Gasteiger partial charge in [0.2, 0.25) is 0 Å². The van der Waals surface area contributed by atoms with E-state index in [1.54, 1.807) is 0 Å². The van der Waals surface area contributed by atoms with Gasteiger partial charge in [-0.15, -0.1) is 0 Å². The summed E-state index contributed by atoms with van der Waals surface area (Å²) in [5.74, 6) is -4.39. The van der Waals surface area contributed by atoms with Gasteiger partial charge in [-0.1, -0.05) is 0 Å². The normalized spacial score (nSPS) is 9.93. The summed E-state index contributed by atoms with van der Waals surface area (Å²) >= 11 is 0. The van der Waals surface area contributed by atoms with Gasteiger partial charge in [-0.2, -0.15) is 0 Å². The number of carboxylic acids is 3. The van der Waals surface area contributed by atoms with E-state index in [9.17, 15) is 14.4 Å². The molecule has 1 heterocycles. The average molecular weight is 213 g/mol. The first-order valence-corrected chi connectivity index (χ1v) is 3.78. The van der Waals surface area contributed by atoms with Gasteiger partial charge in [-0.25, -0.2) is 14.4 Å². The van der Waals surface area contributed by atoms with Crippen LogP contribution in [0.2, 0.25) is 0 Å². The van der Waals surface area contributed by atoms with Crippen LogP contribution in [0, 0.1) is 6.92 Å². The summed E-state index contributed by atoms with van der Waals surface area (Å²) in [6.07, 6.45) is 0. The van der Waals surface area contributed by atoms with E-state index in [2.05, 4.69) is 4.98 Å². The highest BCUT2D eigenvalue weighted by Crippen LogP contribution is 2.18. The zero-order valence-corrected chi connectivity index (χ0v) is 7.57. The molecule has 0 spiro atoms. The fourth-order valence-electron chi connectivity index (χ4n) is 1.24. The second kappa shape index (κ2) is 3.45. The zero-order valence-electron chi connectivity index (χ0n) is 7.57. The van der Waals surface area contributed by atoms with Crippen LogP contribution in [0.25, 0.3) is 0 Å². The van der Waals surface area contributed by atoms with Gasteiger partial charge in [-0.05, 0) is 12.5 Å². The average Bonchev–Trinajstić information content (AvgIpc) is 2.42. The zero-order chi connectivity index (χ0) is 11.7. The molecule has 0 saturated carbocycles. The smallest absolute Gasteiger partial charge is 0.353 e.